The number of ether oxygens (including phenoxy) is 2. The fraction of sp³-hybridized carbons (Fsp3) is 0.300. The maximum absolute atomic E-state index is 13.4. The van der Waals surface area contributed by atoms with Gasteiger partial charge in [-0.3, -0.25) is 4.79 Å². The predicted molar refractivity (Wildman–Crippen MR) is 54.0 cm³/mol. The summed E-state index contributed by atoms with van der Waals surface area (Å²) >= 11 is 0. The highest BCUT2D eigenvalue weighted by Crippen LogP contribution is 2.37. The van der Waals surface area contributed by atoms with Crippen molar-refractivity contribution in [2.24, 2.45) is 5.73 Å². The Morgan fingerprint density at radius 3 is 2.00 bits per heavy atom. The molecule has 0 heterocycles. The zero-order valence-electron chi connectivity index (χ0n) is 9.16. The number of nitrogens with two attached hydrogens (primary N) is 1. The molecule has 7 heteroatoms. The third-order valence-electron chi connectivity index (χ3n) is 2.16. The van der Waals surface area contributed by atoms with Crippen LogP contribution in [0, 0.1) is 11.6 Å². The molecule has 94 valence electrons. The Morgan fingerprint density at radius 2 is 1.71 bits per heavy atom. The van der Waals surface area contributed by atoms with Gasteiger partial charge in [-0.25, -0.2) is 8.78 Å². The summed E-state index contributed by atoms with van der Waals surface area (Å²) in [5, 5.41) is 8.78. The zero-order valence-corrected chi connectivity index (χ0v) is 9.16. The molecule has 1 aromatic carbocycles. The topological polar surface area (TPSA) is 81.8 Å². The molecule has 1 aromatic rings. The minimum Gasteiger partial charge on any atom is -0.493 e. The zero-order chi connectivity index (χ0) is 13.2. The highest BCUT2D eigenvalue weighted by Gasteiger charge is 2.28. The molecule has 1 rings (SSSR count). The number of hydrogen-bond donors (Lipinski definition) is 2. The first kappa shape index (κ1) is 13.2. The minimum absolute atomic E-state index is 0.375. The summed E-state index contributed by atoms with van der Waals surface area (Å²) in [6.07, 6.45) is 0. The van der Waals surface area contributed by atoms with Gasteiger partial charge in [-0.2, -0.15) is 0 Å². The second kappa shape index (κ2) is 4.96. The van der Waals surface area contributed by atoms with Crippen LogP contribution in [0.5, 0.6) is 11.5 Å². The Kier molecular flexibility index (Phi) is 3.84. The van der Waals surface area contributed by atoms with Gasteiger partial charge in [0, 0.05) is 6.07 Å². The molecule has 0 fully saturated rings. The summed E-state index contributed by atoms with van der Waals surface area (Å²) in [5.41, 5.74) is 4.96. The molecule has 0 radical (unpaired) electrons. The van der Waals surface area contributed by atoms with Gasteiger partial charge in [0.2, 0.25) is 0 Å². The highest BCUT2D eigenvalue weighted by molar-refractivity contribution is 5.78. The first-order valence-corrected chi connectivity index (χ1v) is 4.52. The first-order chi connectivity index (χ1) is 7.93. The molecule has 5 nitrogen and oxygen atoms in total. The number of carboxylic acids is 1. The number of methoxy groups -OCH3 is 2. The number of carboxylic acid groups (broad SMARTS) is 1. The lowest BCUT2D eigenvalue weighted by molar-refractivity contribution is -0.138. The van der Waals surface area contributed by atoms with Crippen molar-refractivity contribution < 1.29 is 28.2 Å². The molecular weight excluding hydrogens is 236 g/mol. The van der Waals surface area contributed by atoms with Crippen molar-refractivity contribution in [1.29, 1.82) is 0 Å². The van der Waals surface area contributed by atoms with Gasteiger partial charge >= 0.3 is 5.97 Å². The van der Waals surface area contributed by atoms with E-state index in [1.54, 1.807) is 0 Å². The second-order valence-electron chi connectivity index (χ2n) is 3.14. The Labute approximate surface area is 95.7 Å². The van der Waals surface area contributed by atoms with Gasteiger partial charge in [0.05, 0.1) is 19.8 Å². The smallest absolute Gasteiger partial charge is 0.325 e. The van der Waals surface area contributed by atoms with Crippen molar-refractivity contribution in [3.05, 3.63) is 23.3 Å². The van der Waals surface area contributed by atoms with Crippen molar-refractivity contribution in [1.82, 2.24) is 0 Å². The highest BCUT2D eigenvalue weighted by atomic mass is 19.1. The van der Waals surface area contributed by atoms with E-state index in [2.05, 4.69) is 9.47 Å². The molecule has 0 spiro atoms. The van der Waals surface area contributed by atoms with E-state index in [1.807, 2.05) is 0 Å². The summed E-state index contributed by atoms with van der Waals surface area (Å²) in [4.78, 5) is 10.8. The number of rotatable bonds is 4. The maximum atomic E-state index is 13.4. The largest absolute Gasteiger partial charge is 0.493 e. The minimum atomic E-state index is -1.65. The van der Waals surface area contributed by atoms with Gasteiger partial charge in [-0.05, 0) is 0 Å². The van der Waals surface area contributed by atoms with Crippen molar-refractivity contribution in [2.75, 3.05) is 14.2 Å². The van der Waals surface area contributed by atoms with Crippen LogP contribution in [0.4, 0.5) is 8.78 Å². The maximum Gasteiger partial charge on any atom is 0.325 e. The number of halogens is 2. The van der Waals surface area contributed by atoms with Crippen LogP contribution in [0.2, 0.25) is 0 Å². The summed E-state index contributed by atoms with van der Waals surface area (Å²) in [7, 11) is 2.24. The molecule has 0 aliphatic rings. The SMILES string of the molecule is COc1c(F)cc(F)c(OC)c1C(N)C(=O)O. The predicted octanol–water partition coefficient (Wildman–Crippen LogP) is 1.07. The molecule has 0 saturated heterocycles. The molecule has 0 aliphatic heterocycles. The normalized spacial score (nSPS) is 12.1. The average molecular weight is 247 g/mol. The van der Waals surface area contributed by atoms with E-state index in [1.165, 1.54) is 0 Å². The van der Waals surface area contributed by atoms with Crippen molar-refractivity contribution in [3.63, 3.8) is 0 Å². The fourth-order valence-corrected chi connectivity index (χ4v) is 1.42. The van der Waals surface area contributed by atoms with E-state index in [-0.39, 0.29) is 5.56 Å². The number of aliphatic carboxylic acids is 1. The van der Waals surface area contributed by atoms with Gasteiger partial charge in [0.25, 0.3) is 0 Å². The Bertz CT molecular complexity index is 422. The molecule has 0 amide bonds. The summed E-state index contributed by atoms with van der Waals surface area (Å²) in [6, 6.07) is -1.11. The Balaban J connectivity index is 3.56. The number of hydrogen-bond acceptors (Lipinski definition) is 4. The van der Waals surface area contributed by atoms with Crippen LogP contribution < -0.4 is 15.2 Å². The van der Waals surface area contributed by atoms with E-state index in [0.29, 0.717) is 6.07 Å². The van der Waals surface area contributed by atoms with Crippen molar-refractivity contribution >= 4 is 5.97 Å². The molecule has 3 N–H and O–H groups in total. The molecule has 1 unspecified atom stereocenters. The van der Waals surface area contributed by atoms with Gasteiger partial charge in [-0.1, -0.05) is 0 Å². The van der Waals surface area contributed by atoms with Gasteiger partial charge < -0.3 is 20.3 Å². The average Bonchev–Trinajstić information content (AvgIpc) is 2.27. The lowest BCUT2D eigenvalue weighted by Crippen LogP contribution is -2.23. The molecule has 1 atom stereocenters. The van der Waals surface area contributed by atoms with Crippen molar-refractivity contribution in [2.45, 2.75) is 6.04 Å². The van der Waals surface area contributed by atoms with Crippen LogP contribution in [-0.4, -0.2) is 25.3 Å². The second-order valence-corrected chi connectivity index (χ2v) is 3.14. The van der Waals surface area contributed by atoms with Crippen LogP contribution in [0.15, 0.2) is 6.07 Å². The summed E-state index contributed by atoms with van der Waals surface area (Å²) < 4.78 is 36.1. The monoisotopic (exact) mass is 247 g/mol. The van der Waals surface area contributed by atoms with Crippen molar-refractivity contribution in [3.8, 4) is 11.5 Å². The third kappa shape index (κ3) is 2.28. The van der Waals surface area contributed by atoms with Gasteiger partial charge in [0.1, 0.15) is 6.04 Å². The Morgan fingerprint density at radius 1 is 1.29 bits per heavy atom. The summed E-state index contributed by atoms with van der Waals surface area (Å²) in [6.45, 7) is 0. The van der Waals surface area contributed by atoms with E-state index in [4.69, 9.17) is 10.8 Å². The van der Waals surface area contributed by atoms with Gasteiger partial charge in [-0.15, -0.1) is 0 Å². The Hall–Kier alpha value is -1.89. The molecule has 0 bridgehead atoms. The van der Waals surface area contributed by atoms with Gasteiger partial charge in [0.15, 0.2) is 23.1 Å². The number of benzene rings is 1. The van der Waals surface area contributed by atoms with Crippen LogP contribution in [0.1, 0.15) is 11.6 Å². The molecule has 0 aromatic heterocycles. The van der Waals surface area contributed by atoms with Crippen LogP contribution >= 0.6 is 0 Å². The molecule has 0 aliphatic carbocycles. The van der Waals surface area contributed by atoms with E-state index < -0.39 is 35.1 Å². The van der Waals surface area contributed by atoms with E-state index >= 15 is 0 Å². The first-order valence-electron chi connectivity index (χ1n) is 4.52. The third-order valence-corrected chi connectivity index (χ3v) is 2.16. The van der Waals surface area contributed by atoms with Crippen LogP contribution in [0.25, 0.3) is 0 Å². The fourth-order valence-electron chi connectivity index (χ4n) is 1.42. The van der Waals surface area contributed by atoms with Crippen LogP contribution in [-0.2, 0) is 4.79 Å². The quantitative estimate of drug-likeness (QED) is 0.831. The molecular formula is C10H11F2NO4. The summed E-state index contributed by atoms with van der Waals surface area (Å²) in [5.74, 6) is -4.43. The molecule has 0 saturated carbocycles. The standard InChI is InChI=1S/C10H11F2NO4/c1-16-8-4(11)3-5(12)9(17-2)6(8)7(13)10(14)15/h3,7H,13H2,1-2H3,(H,14,15). The number of carbonyl (C=O) groups is 1. The molecule has 17 heavy (non-hydrogen) atoms. The lowest BCUT2D eigenvalue weighted by Gasteiger charge is -2.17. The van der Waals surface area contributed by atoms with Crippen LogP contribution in [0.3, 0.4) is 0 Å². The van der Waals surface area contributed by atoms with E-state index in [0.717, 1.165) is 14.2 Å². The van der Waals surface area contributed by atoms with E-state index in [9.17, 15) is 13.6 Å². The lowest BCUT2D eigenvalue weighted by atomic mass is 10.0.